The Labute approximate surface area is 148 Å². The Hall–Kier alpha value is -1.90. The molecule has 1 atom stereocenters. The summed E-state index contributed by atoms with van der Waals surface area (Å²) in [5.41, 5.74) is 8.85. The first kappa shape index (κ1) is 16.9. The van der Waals surface area contributed by atoms with Gasteiger partial charge in [0.25, 0.3) is 0 Å². The molecule has 0 bridgehead atoms. The summed E-state index contributed by atoms with van der Waals surface area (Å²) in [4.78, 5) is 13.3. The molecule has 0 aliphatic heterocycles. The van der Waals surface area contributed by atoms with Crippen molar-refractivity contribution in [3.8, 4) is 0 Å². The predicted octanol–water partition coefficient (Wildman–Crippen LogP) is 3.06. The highest BCUT2D eigenvalue weighted by atomic mass is 32.2. The highest BCUT2D eigenvalue weighted by Crippen LogP contribution is 2.31. The van der Waals surface area contributed by atoms with E-state index in [0.29, 0.717) is 21.8 Å². The maximum absolute atomic E-state index is 9.27. The minimum atomic E-state index is -0.110. The van der Waals surface area contributed by atoms with Gasteiger partial charge in [-0.3, -0.25) is 0 Å². The summed E-state index contributed by atoms with van der Waals surface area (Å²) in [7, 11) is 0. The van der Waals surface area contributed by atoms with Gasteiger partial charge >= 0.3 is 0 Å². The van der Waals surface area contributed by atoms with Crippen molar-refractivity contribution in [3.63, 3.8) is 0 Å². The SMILES string of the molecule is Cc1cccc(CSc2nc(N[C@H](C)CO)c3sc(N)nc3n2)c1. The lowest BCUT2D eigenvalue weighted by Gasteiger charge is -2.12. The fourth-order valence-corrected chi connectivity index (χ4v) is 3.72. The summed E-state index contributed by atoms with van der Waals surface area (Å²) < 4.78 is 0.813. The summed E-state index contributed by atoms with van der Waals surface area (Å²) >= 11 is 2.90. The number of thioether (sulfide) groups is 1. The molecule has 0 saturated carbocycles. The number of thiazole rings is 1. The van der Waals surface area contributed by atoms with E-state index in [1.807, 2.05) is 13.0 Å². The first-order valence-electron chi connectivity index (χ1n) is 7.55. The van der Waals surface area contributed by atoms with Gasteiger partial charge < -0.3 is 16.2 Å². The Morgan fingerprint density at radius 2 is 2.17 bits per heavy atom. The number of benzene rings is 1. The normalized spacial score (nSPS) is 12.5. The van der Waals surface area contributed by atoms with E-state index in [-0.39, 0.29) is 12.6 Å². The highest BCUT2D eigenvalue weighted by Gasteiger charge is 2.14. The molecule has 0 unspecified atom stereocenters. The third kappa shape index (κ3) is 3.95. The molecule has 1 aromatic carbocycles. The lowest BCUT2D eigenvalue weighted by molar-refractivity contribution is 0.281. The van der Waals surface area contributed by atoms with Gasteiger partial charge in [-0.05, 0) is 19.4 Å². The van der Waals surface area contributed by atoms with Crippen LogP contribution in [0, 0.1) is 6.92 Å². The van der Waals surface area contributed by atoms with Gasteiger partial charge in [-0.1, -0.05) is 52.9 Å². The Bertz CT molecular complexity index is 852. The van der Waals surface area contributed by atoms with Crippen molar-refractivity contribution < 1.29 is 5.11 Å². The van der Waals surface area contributed by atoms with E-state index >= 15 is 0 Å². The molecule has 2 aromatic heterocycles. The molecule has 0 radical (unpaired) electrons. The molecule has 6 nitrogen and oxygen atoms in total. The van der Waals surface area contributed by atoms with Crippen LogP contribution in [0.4, 0.5) is 10.9 Å². The van der Waals surface area contributed by atoms with Gasteiger partial charge in [0.1, 0.15) is 4.70 Å². The summed E-state index contributed by atoms with van der Waals surface area (Å²) in [6, 6.07) is 8.26. The van der Waals surface area contributed by atoms with E-state index in [9.17, 15) is 5.11 Å². The number of aryl methyl sites for hydroxylation is 1. The van der Waals surface area contributed by atoms with E-state index in [0.717, 1.165) is 10.5 Å². The average molecular weight is 361 g/mol. The molecule has 0 fully saturated rings. The van der Waals surface area contributed by atoms with Gasteiger partial charge in [0, 0.05) is 11.8 Å². The Morgan fingerprint density at radius 3 is 2.92 bits per heavy atom. The Balaban J connectivity index is 1.87. The quantitative estimate of drug-likeness (QED) is 0.458. The topological polar surface area (TPSA) is 97.0 Å². The molecule has 2 heterocycles. The molecule has 24 heavy (non-hydrogen) atoms. The minimum absolute atomic E-state index is 0.0194. The number of aromatic nitrogens is 3. The minimum Gasteiger partial charge on any atom is -0.394 e. The number of anilines is 2. The second-order valence-corrected chi connectivity index (χ2v) is 7.54. The molecule has 8 heteroatoms. The maximum atomic E-state index is 9.27. The number of hydrogen-bond donors (Lipinski definition) is 3. The zero-order chi connectivity index (χ0) is 17.1. The predicted molar refractivity (Wildman–Crippen MR) is 101 cm³/mol. The molecule has 0 spiro atoms. The maximum Gasteiger partial charge on any atom is 0.191 e. The largest absolute Gasteiger partial charge is 0.394 e. The number of rotatable bonds is 6. The van der Waals surface area contributed by atoms with Crippen molar-refractivity contribution in [2.24, 2.45) is 0 Å². The van der Waals surface area contributed by atoms with Crippen molar-refractivity contribution in [1.29, 1.82) is 0 Å². The third-order valence-corrected chi connectivity index (χ3v) is 5.16. The van der Waals surface area contributed by atoms with Crippen LogP contribution in [0.15, 0.2) is 29.4 Å². The van der Waals surface area contributed by atoms with Crippen molar-refractivity contribution in [3.05, 3.63) is 35.4 Å². The van der Waals surface area contributed by atoms with Crippen molar-refractivity contribution in [2.75, 3.05) is 17.7 Å². The van der Waals surface area contributed by atoms with E-state index < -0.39 is 0 Å². The first-order chi connectivity index (χ1) is 11.5. The summed E-state index contributed by atoms with van der Waals surface area (Å²) in [6.45, 7) is 3.98. The van der Waals surface area contributed by atoms with Gasteiger partial charge in [0.2, 0.25) is 0 Å². The van der Waals surface area contributed by atoms with Crippen LogP contribution in [-0.4, -0.2) is 32.7 Å². The van der Waals surface area contributed by atoms with Crippen LogP contribution in [-0.2, 0) is 5.75 Å². The fraction of sp³-hybridized carbons (Fsp3) is 0.312. The first-order valence-corrected chi connectivity index (χ1v) is 9.35. The number of aliphatic hydroxyl groups is 1. The summed E-state index contributed by atoms with van der Waals surface area (Å²) in [5.74, 6) is 1.45. The zero-order valence-corrected chi connectivity index (χ0v) is 15.1. The Kier molecular flexibility index (Phi) is 5.17. The fourth-order valence-electron chi connectivity index (χ4n) is 2.21. The molecule has 126 valence electrons. The average Bonchev–Trinajstić information content (AvgIpc) is 2.93. The smallest absolute Gasteiger partial charge is 0.191 e. The Morgan fingerprint density at radius 1 is 1.33 bits per heavy atom. The van der Waals surface area contributed by atoms with Crippen LogP contribution in [0.25, 0.3) is 10.3 Å². The van der Waals surface area contributed by atoms with Crippen LogP contribution in [0.1, 0.15) is 18.1 Å². The number of nitrogens with zero attached hydrogens (tertiary/aromatic N) is 3. The molecular formula is C16H19N5OS2. The van der Waals surface area contributed by atoms with E-state index in [2.05, 4.69) is 45.4 Å². The van der Waals surface area contributed by atoms with E-state index in [1.54, 1.807) is 11.8 Å². The van der Waals surface area contributed by atoms with E-state index in [4.69, 9.17) is 5.73 Å². The number of fused-ring (bicyclic) bond motifs is 1. The lowest BCUT2D eigenvalue weighted by atomic mass is 10.2. The van der Waals surface area contributed by atoms with Crippen LogP contribution in [0.3, 0.4) is 0 Å². The monoisotopic (exact) mass is 361 g/mol. The van der Waals surface area contributed by atoms with Crippen molar-refractivity contribution in [2.45, 2.75) is 30.8 Å². The van der Waals surface area contributed by atoms with Crippen LogP contribution < -0.4 is 11.1 Å². The summed E-state index contributed by atoms with van der Waals surface area (Å²) in [5, 5.41) is 13.6. The van der Waals surface area contributed by atoms with Crippen molar-refractivity contribution >= 4 is 44.4 Å². The molecule has 3 aromatic rings. The zero-order valence-electron chi connectivity index (χ0n) is 13.5. The van der Waals surface area contributed by atoms with Gasteiger partial charge in [-0.15, -0.1) is 0 Å². The number of nitrogens with one attached hydrogen (secondary N) is 1. The highest BCUT2D eigenvalue weighted by molar-refractivity contribution is 7.98. The van der Waals surface area contributed by atoms with Gasteiger partial charge in [0.05, 0.1) is 6.61 Å². The van der Waals surface area contributed by atoms with Crippen LogP contribution in [0.5, 0.6) is 0 Å². The second kappa shape index (κ2) is 7.33. The number of aliphatic hydroxyl groups excluding tert-OH is 1. The van der Waals surface area contributed by atoms with Crippen LogP contribution in [0.2, 0.25) is 0 Å². The molecule has 4 N–H and O–H groups in total. The van der Waals surface area contributed by atoms with Gasteiger partial charge in [-0.2, -0.15) is 0 Å². The van der Waals surface area contributed by atoms with Gasteiger partial charge in [0.15, 0.2) is 21.8 Å². The standard InChI is InChI=1S/C16H19N5OS2/c1-9-4-3-5-11(6-9)8-23-16-20-13(18-10(2)7-22)12-14(21-16)19-15(17)24-12/h3-6,10,22H,7-8H2,1-2H3,(H3,17,18,19,20,21)/t10-/m1/s1. The molecule has 3 rings (SSSR count). The number of hydrogen-bond acceptors (Lipinski definition) is 8. The van der Waals surface area contributed by atoms with Gasteiger partial charge in [-0.25, -0.2) is 15.0 Å². The summed E-state index contributed by atoms with van der Waals surface area (Å²) in [6.07, 6.45) is 0. The number of nitrogens with two attached hydrogens (primary N) is 1. The molecule has 0 aliphatic carbocycles. The third-order valence-electron chi connectivity index (χ3n) is 3.36. The molecule has 0 amide bonds. The lowest BCUT2D eigenvalue weighted by Crippen LogP contribution is -2.20. The number of nitrogen functional groups attached to an aromatic ring is 1. The van der Waals surface area contributed by atoms with Crippen molar-refractivity contribution in [1.82, 2.24) is 15.0 Å². The molecule has 0 saturated heterocycles. The molecule has 0 aliphatic rings. The second-order valence-electron chi connectivity index (χ2n) is 5.57. The van der Waals surface area contributed by atoms with E-state index in [1.165, 1.54) is 22.5 Å². The van der Waals surface area contributed by atoms with Crippen LogP contribution >= 0.6 is 23.1 Å². The molecular weight excluding hydrogens is 342 g/mol.